The summed E-state index contributed by atoms with van der Waals surface area (Å²) in [6.07, 6.45) is 4.54. The van der Waals surface area contributed by atoms with Crippen LogP contribution >= 0.6 is 22.7 Å². The van der Waals surface area contributed by atoms with Crippen LogP contribution in [0.2, 0.25) is 0 Å². The van der Waals surface area contributed by atoms with E-state index in [2.05, 4.69) is 146 Å². The fourth-order valence-electron chi connectivity index (χ4n) is 8.30. The van der Waals surface area contributed by atoms with E-state index >= 15 is 0 Å². The van der Waals surface area contributed by atoms with Gasteiger partial charge in [-0.1, -0.05) is 127 Å². The van der Waals surface area contributed by atoms with Gasteiger partial charge in [0.15, 0.2) is 0 Å². The molecule has 8 aromatic carbocycles. The fourth-order valence-corrected chi connectivity index (χ4v) is 10.9. The first-order valence-electron chi connectivity index (χ1n) is 16.7. The van der Waals surface area contributed by atoms with Crippen molar-refractivity contribution in [2.75, 3.05) is 0 Å². The van der Waals surface area contributed by atoms with Crippen LogP contribution in [0.25, 0.3) is 95.4 Å². The summed E-state index contributed by atoms with van der Waals surface area (Å²) in [6.45, 7) is 0. The highest BCUT2D eigenvalue weighted by atomic mass is 32.1. The maximum Gasteiger partial charge on any atom is 0.0455 e. The summed E-state index contributed by atoms with van der Waals surface area (Å²) in [5.41, 5.74) is 8.22. The first kappa shape index (κ1) is 26.8. The first-order valence-corrected chi connectivity index (χ1v) is 18.3. The highest BCUT2D eigenvalue weighted by Gasteiger charge is 2.20. The average molecular weight is 645 g/mol. The molecule has 0 fully saturated rings. The molecule has 1 aliphatic carbocycles. The third kappa shape index (κ3) is 3.82. The van der Waals surface area contributed by atoms with Crippen LogP contribution in [0.5, 0.6) is 0 Å². The van der Waals surface area contributed by atoms with Crippen LogP contribution in [-0.4, -0.2) is 0 Å². The monoisotopic (exact) mass is 644 g/mol. The Morgan fingerprint density at radius 1 is 0.417 bits per heavy atom. The van der Waals surface area contributed by atoms with Gasteiger partial charge < -0.3 is 0 Å². The minimum atomic E-state index is 1.05. The van der Waals surface area contributed by atoms with Crippen molar-refractivity contribution in [1.82, 2.24) is 0 Å². The zero-order chi connectivity index (χ0) is 31.3. The zero-order valence-electron chi connectivity index (χ0n) is 26.1. The normalized spacial score (nSPS) is 13.4. The lowest BCUT2D eigenvalue weighted by atomic mass is 9.85. The smallest absolute Gasteiger partial charge is 0.0455 e. The summed E-state index contributed by atoms with van der Waals surface area (Å²) >= 11 is 3.91. The highest BCUT2D eigenvalue weighted by Crippen LogP contribution is 2.49. The summed E-state index contributed by atoms with van der Waals surface area (Å²) in [5, 5.41) is 13.5. The van der Waals surface area contributed by atoms with E-state index in [4.69, 9.17) is 0 Å². The molecule has 0 nitrogen and oxygen atoms in total. The van der Waals surface area contributed by atoms with E-state index in [0.717, 1.165) is 12.8 Å². The number of allylic oxidation sites excluding steroid dienone is 1. The van der Waals surface area contributed by atoms with E-state index in [1.807, 2.05) is 22.7 Å². The molecule has 2 aromatic heterocycles. The molecule has 10 aromatic rings. The molecule has 2 heteroatoms. The molecule has 0 radical (unpaired) electrons. The minimum absolute atomic E-state index is 1.05. The van der Waals surface area contributed by atoms with Gasteiger partial charge in [0.25, 0.3) is 0 Å². The number of hydrogen-bond donors (Lipinski definition) is 0. The van der Waals surface area contributed by atoms with Crippen molar-refractivity contribution in [2.24, 2.45) is 0 Å². The zero-order valence-corrected chi connectivity index (χ0v) is 27.7. The van der Waals surface area contributed by atoms with Crippen molar-refractivity contribution in [1.29, 1.82) is 0 Å². The summed E-state index contributed by atoms with van der Waals surface area (Å²) in [6, 6.07) is 52.2. The summed E-state index contributed by atoms with van der Waals surface area (Å²) in [4.78, 5) is 0. The van der Waals surface area contributed by atoms with Crippen LogP contribution < -0.4 is 0 Å². The van der Waals surface area contributed by atoms with Crippen LogP contribution in [0.1, 0.15) is 23.1 Å². The van der Waals surface area contributed by atoms with E-state index in [1.54, 1.807) is 0 Å². The van der Waals surface area contributed by atoms with E-state index in [0.29, 0.717) is 0 Å². The molecule has 0 aliphatic heterocycles. The molecule has 224 valence electrons. The molecule has 0 N–H and O–H groups in total. The number of benzene rings is 8. The number of aryl methyl sites for hydroxylation is 1. The molecule has 0 amide bonds. The van der Waals surface area contributed by atoms with E-state index < -0.39 is 0 Å². The average Bonchev–Trinajstić information content (AvgIpc) is 3.72. The topological polar surface area (TPSA) is 0 Å². The van der Waals surface area contributed by atoms with Gasteiger partial charge in [0.05, 0.1) is 0 Å². The lowest BCUT2D eigenvalue weighted by Crippen LogP contribution is -2.00. The molecule has 48 heavy (non-hydrogen) atoms. The molecule has 0 unspecified atom stereocenters. The van der Waals surface area contributed by atoms with Crippen molar-refractivity contribution in [2.45, 2.75) is 12.8 Å². The number of rotatable bonds is 2. The predicted octanol–water partition coefficient (Wildman–Crippen LogP) is 14.0. The van der Waals surface area contributed by atoms with E-state index in [-0.39, 0.29) is 0 Å². The van der Waals surface area contributed by atoms with Gasteiger partial charge in [0.1, 0.15) is 0 Å². The molecule has 0 spiro atoms. The Bertz CT molecular complexity index is 2950. The second-order valence-corrected chi connectivity index (χ2v) is 15.2. The summed E-state index contributed by atoms with van der Waals surface area (Å²) < 4.78 is 5.57. The van der Waals surface area contributed by atoms with Crippen molar-refractivity contribution in [3.63, 3.8) is 0 Å². The molecule has 2 heterocycles. The molecule has 0 bridgehead atoms. The fraction of sp³-hybridized carbons (Fsp3) is 0.0435. The molecule has 0 saturated heterocycles. The van der Waals surface area contributed by atoms with Crippen LogP contribution in [-0.2, 0) is 6.42 Å². The molecule has 11 rings (SSSR count). The van der Waals surface area contributed by atoms with E-state index in [9.17, 15) is 0 Å². The molecule has 1 aliphatic rings. The van der Waals surface area contributed by atoms with Crippen LogP contribution in [0.4, 0.5) is 0 Å². The standard InChI is InChI=1S/C46H28S2/c1-3-11-34-31(9-1)25-32-10-2-4-12-35(32)42(34)33-20-19-27-23-28(17-18-29(27)24-33)30-21-22-39-41(26-30)48-45-37-14-6-5-13-36(37)43-38-15-7-8-16-40(38)47-46(43)44(39)45/h1-16,19-26H,17-18H2. The number of thiophene rings is 2. The Labute approximate surface area is 285 Å². The van der Waals surface area contributed by atoms with Crippen molar-refractivity contribution in [3.8, 4) is 11.1 Å². The summed E-state index contributed by atoms with van der Waals surface area (Å²) in [5.74, 6) is 0. The van der Waals surface area contributed by atoms with Gasteiger partial charge in [-0.3, -0.25) is 0 Å². The van der Waals surface area contributed by atoms with Gasteiger partial charge in [-0.2, -0.15) is 0 Å². The van der Waals surface area contributed by atoms with Crippen molar-refractivity contribution < 1.29 is 0 Å². The third-order valence-corrected chi connectivity index (χ3v) is 12.9. The van der Waals surface area contributed by atoms with Crippen LogP contribution in [0, 0.1) is 0 Å². The number of fused-ring (bicyclic) bond motifs is 13. The molecule has 0 atom stereocenters. The van der Waals surface area contributed by atoms with Gasteiger partial charge in [-0.05, 0) is 91.4 Å². The van der Waals surface area contributed by atoms with Gasteiger partial charge in [0, 0.05) is 45.7 Å². The van der Waals surface area contributed by atoms with Crippen LogP contribution in [0.15, 0.2) is 140 Å². The lowest BCUT2D eigenvalue weighted by molar-refractivity contribution is 1.00. The predicted molar refractivity (Wildman–Crippen MR) is 213 cm³/mol. The maximum absolute atomic E-state index is 2.46. The molecular formula is C46H28S2. The lowest BCUT2D eigenvalue weighted by Gasteiger charge is -2.19. The van der Waals surface area contributed by atoms with Crippen LogP contribution in [0.3, 0.4) is 0 Å². The van der Waals surface area contributed by atoms with Crippen molar-refractivity contribution >= 4 is 107 Å². The SMILES string of the molecule is C1=C(c2ccc3c(c2)sc2c4ccccc4c4c5ccccc5sc4c32)CCc2cc(-c3c4ccccc4cc4ccccc34)ccc21. The Morgan fingerprint density at radius 3 is 1.88 bits per heavy atom. The largest absolute Gasteiger partial charge is 0.134 e. The molecular weight excluding hydrogens is 617 g/mol. The number of hydrogen-bond acceptors (Lipinski definition) is 2. The van der Waals surface area contributed by atoms with E-state index in [1.165, 1.54) is 106 Å². The van der Waals surface area contributed by atoms with Gasteiger partial charge in [0.2, 0.25) is 0 Å². The third-order valence-electron chi connectivity index (χ3n) is 10.5. The first-order chi connectivity index (χ1) is 23.8. The highest BCUT2D eigenvalue weighted by molar-refractivity contribution is 7.30. The van der Waals surface area contributed by atoms with Crippen molar-refractivity contribution in [3.05, 3.63) is 156 Å². The molecule has 0 saturated carbocycles. The van der Waals surface area contributed by atoms with Gasteiger partial charge in [-0.15, -0.1) is 22.7 Å². The minimum Gasteiger partial charge on any atom is -0.134 e. The maximum atomic E-state index is 2.46. The Balaban J connectivity index is 1.05. The quantitative estimate of drug-likeness (QED) is 0.164. The summed E-state index contributed by atoms with van der Waals surface area (Å²) in [7, 11) is 0. The Morgan fingerprint density at radius 2 is 1.06 bits per heavy atom. The van der Waals surface area contributed by atoms with Gasteiger partial charge in [-0.25, -0.2) is 0 Å². The van der Waals surface area contributed by atoms with Gasteiger partial charge >= 0.3 is 0 Å². The second-order valence-electron chi connectivity index (χ2n) is 13.1. The Hall–Kier alpha value is -5.28. The Kier molecular flexibility index (Phi) is 5.63. The second kappa shape index (κ2) is 10.1.